The molecule has 4 N–H and O–H groups in total. The number of nitrogens with one attached hydrogen (secondary N) is 4. The van der Waals surface area contributed by atoms with Crippen molar-refractivity contribution in [3.05, 3.63) is 87.4 Å². The number of rotatable bonds is 7. The molecule has 3 aliphatic rings. The van der Waals surface area contributed by atoms with Crippen LogP contribution in [0.25, 0.3) is 21.8 Å². The molecule has 3 saturated heterocycles. The lowest BCUT2D eigenvalue weighted by atomic mass is 9.89. The fourth-order valence-electron chi connectivity index (χ4n) is 8.70. The second-order valence-corrected chi connectivity index (χ2v) is 15.0. The van der Waals surface area contributed by atoms with E-state index in [9.17, 15) is 14.4 Å². The second kappa shape index (κ2) is 14.5. The number of H-pyrrole nitrogens is 3. The number of aromatic amines is 3. The number of urea groups is 1. The average Bonchev–Trinajstić information content (AvgIpc) is 3.84. The molecule has 52 heavy (non-hydrogen) atoms. The van der Waals surface area contributed by atoms with Crippen molar-refractivity contribution in [3.63, 3.8) is 0 Å². The third-order valence-corrected chi connectivity index (χ3v) is 11.6. The first-order valence-corrected chi connectivity index (χ1v) is 18.8. The second-order valence-electron chi connectivity index (χ2n) is 15.0. The Bertz CT molecular complexity index is 2110. The van der Waals surface area contributed by atoms with E-state index >= 15 is 0 Å². The highest BCUT2D eigenvalue weighted by Crippen LogP contribution is 2.30. The summed E-state index contributed by atoms with van der Waals surface area (Å²) in [6.07, 6.45) is 7.48. The molecule has 6 heterocycles. The predicted molar refractivity (Wildman–Crippen MR) is 199 cm³/mol. The lowest BCUT2D eigenvalue weighted by molar-refractivity contribution is -0.135. The van der Waals surface area contributed by atoms with E-state index in [1.807, 2.05) is 49.1 Å². The van der Waals surface area contributed by atoms with Crippen molar-refractivity contribution in [1.29, 1.82) is 0 Å². The summed E-state index contributed by atoms with van der Waals surface area (Å²) in [6, 6.07) is 13.4. The number of pyridine rings is 1. The number of likely N-dealkylation sites (tertiary alicyclic amines) is 3. The third-order valence-electron chi connectivity index (χ3n) is 11.6. The summed E-state index contributed by atoms with van der Waals surface area (Å²) in [5, 5.41) is 19.8. The molecule has 0 bridgehead atoms. The maximum Gasteiger partial charge on any atom is 0.318 e. The van der Waals surface area contributed by atoms with Gasteiger partial charge in [-0.05, 0) is 106 Å². The first-order valence-electron chi connectivity index (χ1n) is 18.8. The number of para-hydroxylation sites is 1. The third kappa shape index (κ3) is 7.06. The summed E-state index contributed by atoms with van der Waals surface area (Å²) in [4.78, 5) is 55.0. The Kier molecular flexibility index (Phi) is 9.52. The maximum absolute atomic E-state index is 14.3. The zero-order valence-electron chi connectivity index (χ0n) is 30.0. The number of carbonyl (C=O) groups excluding carboxylic acids is 2. The van der Waals surface area contributed by atoms with Crippen LogP contribution in [0.1, 0.15) is 78.7 Å². The molecule has 0 unspecified atom stereocenters. The van der Waals surface area contributed by atoms with Crippen LogP contribution in [0.5, 0.6) is 0 Å². The van der Waals surface area contributed by atoms with Crippen molar-refractivity contribution >= 4 is 33.7 Å². The van der Waals surface area contributed by atoms with Gasteiger partial charge in [-0.3, -0.25) is 19.8 Å². The van der Waals surface area contributed by atoms with E-state index in [4.69, 9.17) is 0 Å². The number of piperidine rings is 3. The van der Waals surface area contributed by atoms with Crippen molar-refractivity contribution < 1.29 is 9.59 Å². The molecule has 3 fully saturated rings. The molecule has 13 nitrogen and oxygen atoms in total. The van der Waals surface area contributed by atoms with Gasteiger partial charge in [0.25, 0.3) is 5.56 Å². The minimum absolute atomic E-state index is 0.0342. The molecule has 3 aromatic heterocycles. The molecule has 13 heteroatoms. The fraction of sp³-hybridized carbons (Fsp3) is 0.487. The van der Waals surface area contributed by atoms with Gasteiger partial charge in [0.05, 0.1) is 11.7 Å². The van der Waals surface area contributed by atoms with Gasteiger partial charge in [0.15, 0.2) is 5.82 Å². The number of amides is 3. The van der Waals surface area contributed by atoms with Gasteiger partial charge in [-0.2, -0.15) is 10.2 Å². The van der Waals surface area contributed by atoms with Crippen LogP contribution in [0.3, 0.4) is 0 Å². The largest absolute Gasteiger partial charge is 0.341 e. The van der Waals surface area contributed by atoms with Crippen molar-refractivity contribution in [3.8, 4) is 0 Å². The SMILES string of the molecule is Cc1nc(C2CCN(C3CCN(C(=O)[C@H](Cc4cc(C)c5[nH]ncc5c4)NC(=O)N4CCC(c5cc6ccccc6[nH]c5=O)CC4)CC3)CC2)n[nH]1. The van der Waals surface area contributed by atoms with Gasteiger partial charge in [-0.1, -0.05) is 24.3 Å². The fourth-order valence-corrected chi connectivity index (χ4v) is 8.70. The number of aryl methyl sites for hydroxylation is 2. The molecule has 3 aliphatic heterocycles. The van der Waals surface area contributed by atoms with E-state index in [0.717, 1.165) is 88.9 Å². The minimum Gasteiger partial charge on any atom is -0.341 e. The van der Waals surface area contributed by atoms with Crippen molar-refractivity contribution in [2.45, 2.75) is 82.7 Å². The molecule has 0 saturated carbocycles. The van der Waals surface area contributed by atoms with Gasteiger partial charge >= 0.3 is 6.03 Å². The summed E-state index contributed by atoms with van der Waals surface area (Å²) < 4.78 is 0. The van der Waals surface area contributed by atoms with Crippen molar-refractivity contribution in [2.24, 2.45) is 0 Å². The lowest BCUT2D eigenvalue weighted by Gasteiger charge is -2.42. The van der Waals surface area contributed by atoms with E-state index in [1.165, 1.54) is 0 Å². The van der Waals surface area contributed by atoms with Gasteiger partial charge in [0, 0.05) is 61.0 Å². The van der Waals surface area contributed by atoms with E-state index in [-0.39, 0.29) is 23.4 Å². The molecule has 8 rings (SSSR count). The Morgan fingerprint density at radius 1 is 0.865 bits per heavy atom. The highest BCUT2D eigenvalue weighted by Gasteiger charge is 2.35. The first-order chi connectivity index (χ1) is 25.3. The van der Waals surface area contributed by atoms with Crippen LogP contribution in [-0.2, 0) is 11.2 Å². The van der Waals surface area contributed by atoms with Gasteiger partial charge in [-0.15, -0.1) is 0 Å². The minimum atomic E-state index is -0.700. The zero-order chi connectivity index (χ0) is 35.8. The van der Waals surface area contributed by atoms with Crippen LogP contribution in [-0.4, -0.2) is 108 Å². The molecule has 2 aromatic carbocycles. The van der Waals surface area contributed by atoms with E-state index in [1.54, 1.807) is 11.1 Å². The Morgan fingerprint density at radius 3 is 2.35 bits per heavy atom. The van der Waals surface area contributed by atoms with Crippen LogP contribution in [0.4, 0.5) is 4.79 Å². The topological polar surface area (TPSA) is 159 Å². The predicted octanol–water partition coefficient (Wildman–Crippen LogP) is 4.51. The Morgan fingerprint density at radius 2 is 1.60 bits per heavy atom. The highest BCUT2D eigenvalue weighted by atomic mass is 16.2. The Labute approximate surface area is 302 Å². The monoisotopic (exact) mass is 704 g/mol. The van der Waals surface area contributed by atoms with E-state index in [2.05, 4.69) is 52.7 Å². The van der Waals surface area contributed by atoms with Gasteiger partial charge < -0.3 is 25.0 Å². The number of carbonyl (C=O) groups is 2. The lowest BCUT2D eigenvalue weighted by Crippen LogP contribution is -2.56. The number of benzene rings is 2. The highest BCUT2D eigenvalue weighted by molar-refractivity contribution is 5.88. The molecule has 5 aromatic rings. The molecule has 3 amide bonds. The molecular weight excluding hydrogens is 656 g/mol. The van der Waals surface area contributed by atoms with Crippen LogP contribution < -0.4 is 10.9 Å². The van der Waals surface area contributed by atoms with Gasteiger partial charge in [0.2, 0.25) is 5.91 Å². The smallest absolute Gasteiger partial charge is 0.318 e. The van der Waals surface area contributed by atoms with Crippen molar-refractivity contribution in [2.75, 3.05) is 39.3 Å². The zero-order valence-corrected chi connectivity index (χ0v) is 30.0. The number of hydrogen-bond acceptors (Lipinski definition) is 7. The van der Waals surface area contributed by atoms with Crippen LogP contribution >= 0.6 is 0 Å². The molecule has 0 radical (unpaired) electrons. The maximum atomic E-state index is 14.3. The number of aromatic nitrogens is 6. The number of nitrogens with zero attached hydrogens (tertiary/aromatic N) is 6. The standard InChI is InChI=1S/C39H48N10O3/c1-24-19-26(20-30-23-40-45-35(24)30)21-34(38(51)48-17-11-31(12-18-48)47-13-9-28(10-14-47)36-41-25(2)44-46-36)43-39(52)49-15-7-27(8-16-49)32-22-29-5-3-4-6-33(29)42-37(32)50/h3-6,19-20,22-23,27-28,31,34H,7-18,21H2,1-2H3,(H,40,45)(H,42,50)(H,43,52)(H,41,44,46)/t34-/m0/s1. The summed E-state index contributed by atoms with van der Waals surface area (Å²) in [5.41, 5.74) is 4.55. The van der Waals surface area contributed by atoms with Crippen LogP contribution in [0.15, 0.2) is 53.5 Å². The summed E-state index contributed by atoms with van der Waals surface area (Å²) in [5.74, 6) is 2.22. The molecule has 0 aliphatic carbocycles. The summed E-state index contributed by atoms with van der Waals surface area (Å²) >= 11 is 0. The van der Waals surface area contributed by atoms with E-state index in [0.29, 0.717) is 57.4 Å². The van der Waals surface area contributed by atoms with Crippen LogP contribution in [0.2, 0.25) is 0 Å². The number of fused-ring (bicyclic) bond motifs is 2. The average molecular weight is 705 g/mol. The van der Waals surface area contributed by atoms with Gasteiger partial charge in [-0.25, -0.2) is 9.78 Å². The summed E-state index contributed by atoms with van der Waals surface area (Å²) in [6.45, 7) is 8.36. The van der Waals surface area contributed by atoms with E-state index < -0.39 is 6.04 Å². The Hall–Kier alpha value is -5.04. The quantitative estimate of drug-likeness (QED) is 0.194. The van der Waals surface area contributed by atoms with Gasteiger partial charge in [0.1, 0.15) is 11.9 Å². The molecule has 0 spiro atoms. The first kappa shape index (κ1) is 34.1. The molecule has 272 valence electrons. The molecular formula is C39H48N10O3. The number of hydrogen-bond donors (Lipinski definition) is 4. The van der Waals surface area contributed by atoms with Crippen LogP contribution in [0, 0.1) is 13.8 Å². The summed E-state index contributed by atoms with van der Waals surface area (Å²) in [7, 11) is 0. The Balaban J connectivity index is 0.916. The molecule has 1 atom stereocenters. The van der Waals surface area contributed by atoms with Crippen molar-refractivity contribution in [1.82, 2.24) is 50.4 Å². The normalized spacial score (nSPS) is 19.0.